The lowest BCUT2D eigenvalue weighted by molar-refractivity contribution is -0.281. The number of cyclic esters (lactones) is 1. The summed E-state index contributed by atoms with van der Waals surface area (Å²) in [4.78, 5) is 54.1. The molecule has 1 aromatic heterocycles. The zero-order valence-corrected chi connectivity index (χ0v) is 34.4. The minimum Gasteiger partial charge on any atom is -0.456 e. The Balaban J connectivity index is 1.42. The maximum Gasteiger partial charge on any atom is 0.410 e. The second kappa shape index (κ2) is 17.5. The van der Waals surface area contributed by atoms with Crippen LogP contribution in [0.3, 0.4) is 0 Å². The zero-order valence-electron chi connectivity index (χ0n) is 34.4. The first kappa shape index (κ1) is 42.6. The number of amides is 1. The molecule has 3 fully saturated rings. The van der Waals surface area contributed by atoms with Crippen LogP contribution in [0, 0.1) is 35.5 Å². The number of rotatable bonds is 6. The van der Waals surface area contributed by atoms with E-state index in [-0.39, 0.29) is 38.3 Å². The third-order valence-electron chi connectivity index (χ3n) is 12.4. The van der Waals surface area contributed by atoms with E-state index in [2.05, 4.69) is 16.8 Å². The molecule has 0 spiro atoms. The molecule has 2 aromatic rings. The summed E-state index contributed by atoms with van der Waals surface area (Å²) in [6, 6.07) is 8.74. The fraction of sp³-hybridized carbons (Fsp3) is 0.651. The molecule has 57 heavy (non-hydrogen) atoms. The number of aliphatic hydroxyl groups excluding tert-OH is 1. The molecule has 4 aliphatic heterocycles. The number of aliphatic hydroxyl groups is 1. The van der Waals surface area contributed by atoms with Gasteiger partial charge in [0.25, 0.3) is 6.17 Å². The van der Waals surface area contributed by atoms with Crippen LogP contribution in [-0.4, -0.2) is 138 Å². The van der Waals surface area contributed by atoms with Crippen LogP contribution in [0.4, 0.5) is 9.18 Å². The Kier molecular flexibility index (Phi) is 13.1. The first-order valence-electron chi connectivity index (χ1n) is 20.1. The molecule has 4 aliphatic rings. The first-order chi connectivity index (χ1) is 27.1. The molecule has 0 radical (unpaired) electrons. The molecule has 13 nitrogen and oxygen atoms in total. The molecule has 2 bridgehead atoms. The molecule has 14 heteroatoms. The van der Waals surface area contributed by atoms with E-state index < -0.39 is 90.0 Å². The van der Waals surface area contributed by atoms with Gasteiger partial charge in [0.1, 0.15) is 18.8 Å². The fourth-order valence-corrected chi connectivity index (χ4v) is 9.48. The number of aromatic nitrogens is 1. The number of para-hydroxylation sites is 1. The SMILES string of the molecule is CC[C@H]1OC(=O)C(F)C(=O)[C@H](C)[C@@H](O[C@@H]2O[C@H](C)C[C@H](N(C)C)[C@H]2O)[C@@H](C)[C@@H](OCC#Cc2cnc3ccccc3c2)[C@@H](C)C2=NCCN3C(=O)O[C@@]1(C)C3[C@H]2C. The van der Waals surface area contributed by atoms with Crippen molar-refractivity contribution in [3.05, 3.63) is 42.1 Å². The lowest BCUT2D eigenvalue weighted by Gasteiger charge is -2.45. The van der Waals surface area contributed by atoms with Crippen molar-refractivity contribution in [2.45, 2.75) is 122 Å². The van der Waals surface area contributed by atoms with E-state index in [1.165, 1.54) is 6.92 Å². The van der Waals surface area contributed by atoms with Crippen LogP contribution in [-0.2, 0) is 33.3 Å². The van der Waals surface area contributed by atoms with Gasteiger partial charge in [-0.05, 0) is 52.9 Å². The summed E-state index contributed by atoms with van der Waals surface area (Å²) >= 11 is 0. The Labute approximate surface area is 334 Å². The van der Waals surface area contributed by atoms with Crippen LogP contribution < -0.4 is 0 Å². The predicted octanol–water partition coefficient (Wildman–Crippen LogP) is 4.60. The van der Waals surface area contributed by atoms with Crippen LogP contribution in [0.15, 0.2) is 41.5 Å². The van der Waals surface area contributed by atoms with Crippen molar-refractivity contribution < 1.29 is 47.6 Å². The molecular weight excluding hydrogens is 735 g/mol. The molecular formula is C43H57FN4O9. The van der Waals surface area contributed by atoms with Gasteiger partial charge >= 0.3 is 12.1 Å². The summed E-state index contributed by atoms with van der Waals surface area (Å²) < 4.78 is 47.5. The average molecular weight is 793 g/mol. The van der Waals surface area contributed by atoms with Gasteiger partial charge in [0, 0.05) is 59.1 Å². The monoisotopic (exact) mass is 792 g/mol. The molecule has 6 rings (SSSR count). The molecule has 5 heterocycles. The third-order valence-corrected chi connectivity index (χ3v) is 12.4. The Morgan fingerprint density at radius 2 is 1.81 bits per heavy atom. The lowest BCUT2D eigenvalue weighted by atomic mass is 9.73. The highest BCUT2D eigenvalue weighted by molar-refractivity contribution is 6.03. The van der Waals surface area contributed by atoms with Gasteiger partial charge in [0.05, 0.1) is 36.4 Å². The Bertz CT molecular complexity index is 1900. The van der Waals surface area contributed by atoms with Crippen LogP contribution in [0.25, 0.3) is 10.9 Å². The van der Waals surface area contributed by atoms with E-state index >= 15 is 4.39 Å². The summed E-state index contributed by atoms with van der Waals surface area (Å²) in [5.41, 5.74) is 0.915. The number of nitrogens with zero attached hydrogens (tertiary/aromatic N) is 4. The van der Waals surface area contributed by atoms with Gasteiger partial charge < -0.3 is 33.7 Å². The van der Waals surface area contributed by atoms with E-state index in [1.807, 2.05) is 77.0 Å². The number of halogens is 1. The molecule has 1 N–H and O–H groups in total. The van der Waals surface area contributed by atoms with E-state index in [0.717, 1.165) is 16.6 Å². The summed E-state index contributed by atoms with van der Waals surface area (Å²) in [5.74, 6) is 1.04. The number of hydrogen-bond acceptors (Lipinski definition) is 12. The van der Waals surface area contributed by atoms with Gasteiger partial charge in [-0.15, -0.1) is 0 Å². The number of likely N-dealkylation sites (N-methyl/N-ethyl adjacent to an activating group) is 1. The molecule has 310 valence electrons. The van der Waals surface area contributed by atoms with Crippen molar-refractivity contribution in [2.75, 3.05) is 33.8 Å². The average Bonchev–Trinajstić information content (AvgIpc) is 3.31. The van der Waals surface area contributed by atoms with Crippen molar-refractivity contribution in [1.82, 2.24) is 14.8 Å². The molecule has 1 amide bonds. The van der Waals surface area contributed by atoms with E-state index in [9.17, 15) is 19.5 Å². The van der Waals surface area contributed by atoms with Crippen LogP contribution in [0.1, 0.15) is 66.9 Å². The fourth-order valence-electron chi connectivity index (χ4n) is 9.48. The van der Waals surface area contributed by atoms with Gasteiger partial charge in [-0.1, -0.05) is 64.7 Å². The van der Waals surface area contributed by atoms with Crippen molar-refractivity contribution in [3.8, 4) is 11.8 Å². The second-order valence-corrected chi connectivity index (χ2v) is 16.5. The van der Waals surface area contributed by atoms with Gasteiger partial charge in [-0.2, -0.15) is 0 Å². The number of benzene rings is 1. The van der Waals surface area contributed by atoms with Crippen molar-refractivity contribution in [1.29, 1.82) is 0 Å². The number of ether oxygens (including phenoxy) is 5. The second-order valence-electron chi connectivity index (χ2n) is 16.5. The number of fused-ring (bicyclic) bond motifs is 2. The number of aliphatic imine (C=N–C) groups is 1. The summed E-state index contributed by atoms with van der Waals surface area (Å²) in [6.07, 6.45) is -6.35. The van der Waals surface area contributed by atoms with Crippen LogP contribution >= 0.6 is 0 Å². The molecule has 0 aliphatic carbocycles. The number of pyridine rings is 1. The van der Waals surface area contributed by atoms with Crippen molar-refractivity contribution in [2.24, 2.45) is 28.7 Å². The smallest absolute Gasteiger partial charge is 0.410 e. The number of alkyl halides is 1. The number of carbonyl (C=O) groups excluding carboxylic acids is 3. The highest BCUT2D eigenvalue weighted by Gasteiger charge is 2.60. The number of esters is 1. The summed E-state index contributed by atoms with van der Waals surface area (Å²) in [6.45, 7) is 13.1. The molecule has 1 aromatic carbocycles. The van der Waals surface area contributed by atoms with Gasteiger partial charge in [0.2, 0.25) is 0 Å². The minimum atomic E-state index is -2.67. The highest BCUT2D eigenvalue weighted by Crippen LogP contribution is 2.43. The lowest BCUT2D eigenvalue weighted by Crippen LogP contribution is -2.59. The maximum atomic E-state index is 16.2. The number of Topliss-reactive ketones (excluding diaryl/α,β-unsaturated/α-hetero) is 1. The largest absolute Gasteiger partial charge is 0.456 e. The normalized spacial score (nSPS) is 37.8. The van der Waals surface area contributed by atoms with Crippen molar-refractivity contribution in [3.63, 3.8) is 0 Å². The van der Waals surface area contributed by atoms with Gasteiger partial charge in [0.15, 0.2) is 17.7 Å². The predicted molar refractivity (Wildman–Crippen MR) is 210 cm³/mol. The zero-order chi connectivity index (χ0) is 41.3. The van der Waals surface area contributed by atoms with E-state index in [1.54, 1.807) is 24.9 Å². The quantitative estimate of drug-likeness (QED) is 0.249. The molecule has 0 saturated carbocycles. The maximum absolute atomic E-state index is 16.2. The van der Waals surface area contributed by atoms with Crippen LogP contribution in [0.2, 0.25) is 0 Å². The number of carbonyl (C=O) groups is 3. The molecule has 3 saturated heterocycles. The standard InChI is InChI=1S/C43H57FN4O9/c1-10-32-43(7)39-25(4)34(45-17-18-48(39)42(52)57-43)24(3)37(53-19-13-14-28-21-29-15-11-12-16-30(29)46-22-28)27(6)38(26(5)35(49)33(44)40(51)55-32)56-41-36(50)31(47(8)9)20-23(2)54-41/h11-12,15-16,21-27,31-33,36-39,41,50H,10,17-20H2,1-9H3/t23-,24+,25+,26+,27+,31+,32-,33?,36-,37+,38-,39?,41+,43-/m1/s1. The highest BCUT2D eigenvalue weighted by atomic mass is 19.1. The third kappa shape index (κ3) is 8.45. The summed E-state index contributed by atoms with van der Waals surface area (Å²) in [7, 11) is 3.71. The number of hydrogen-bond donors (Lipinski definition) is 1. The number of ketones is 1. The van der Waals surface area contributed by atoms with Gasteiger partial charge in [-0.3, -0.25) is 19.7 Å². The van der Waals surface area contributed by atoms with Gasteiger partial charge in [-0.25, -0.2) is 14.0 Å². The molecule has 14 atom stereocenters. The Hall–Kier alpha value is -4.00. The van der Waals surface area contributed by atoms with E-state index in [4.69, 9.17) is 28.7 Å². The van der Waals surface area contributed by atoms with E-state index in [0.29, 0.717) is 12.0 Å². The van der Waals surface area contributed by atoms with Crippen LogP contribution in [0.5, 0.6) is 0 Å². The summed E-state index contributed by atoms with van der Waals surface area (Å²) in [5, 5.41) is 12.5. The van der Waals surface area contributed by atoms with Crippen molar-refractivity contribution >= 4 is 34.5 Å². The Morgan fingerprint density at radius 3 is 2.53 bits per heavy atom. The minimum absolute atomic E-state index is 0.0317. The topological polar surface area (TPSA) is 149 Å². The first-order valence-corrected chi connectivity index (χ1v) is 20.1. The molecule has 2 unspecified atom stereocenters. The Morgan fingerprint density at radius 1 is 1.07 bits per heavy atom.